The quantitative estimate of drug-likeness (QED) is 0.734. The standard InChI is InChI=1S/C19H18FNO3/c20-16-7-5-14(6-8-16)11-21(17-9-10-17)19(23)13-24-18-4-2-1-3-15(18)12-22/h1-8,12,17H,9-11,13H2. The molecule has 1 fully saturated rings. The van der Waals surface area contributed by atoms with Crippen molar-refractivity contribution >= 4 is 12.2 Å². The molecule has 0 N–H and O–H groups in total. The SMILES string of the molecule is O=Cc1ccccc1OCC(=O)N(Cc1ccc(F)cc1)C1CC1. The van der Waals surface area contributed by atoms with Gasteiger partial charge in [-0.2, -0.15) is 0 Å². The summed E-state index contributed by atoms with van der Waals surface area (Å²) in [4.78, 5) is 25.3. The van der Waals surface area contributed by atoms with E-state index in [9.17, 15) is 14.0 Å². The van der Waals surface area contributed by atoms with E-state index in [0.29, 0.717) is 24.1 Å². The Kier molecular flexibility index (Phi) is 4.89. The molecular weight excluding hydrogens is 309 g/mol. The number of carbonyl (C=O) groups excluding carboxylic acids is 2. The molecule has 0 heterocycles. The van der Waals surface area contributed by atoms with Crippen molar-refractivity contribution in [3.63, 3.8) is 0 Å². The van der Waals surface area contributed by atoms with Crippen LogP contribution >= 0.6 is 0 Å². The fraction of sp³-hybridized carbons (Fsp3) is 0.263. The Labute approximate surface area is 139 Å². The molecule has 1 amide bonds. The first-order valence-corrected chi connectivity index (χ1v) is 7.88. The van der Waals surface area contributed by atoms with Crippen molar-refractivity contribution in [1.29, 1.82) is 0 Å². The van der Waals surface area contributed by atoms with Gasteiger partial charge in [-0.05, 0) is 42.7 Å². The van der Waals surface area contributed by atoms with E-state index in [0.717, 1.165) is 18.4 Å². The highest BCUT2D eigenvalue weighted by Crippen LogP contribution is 2.28. The predicted octanol–water partition coefficient (Wildman–Crippen LogP) is 3.21. The monoisotopic (exact) mass is 327 g/mol. The van der Waals surface area contributed by atoms with E-state index in [1.54, 1.807) is 41.3 Å². The molecule has 2 aromatic carbocycles. The van der Waals surface area contributed by atoms with Crippen LogP contribution in [0.25, 0.3) is 0 Å². The van der Waals surface area contributed by atoms with E-state index >= 15 is 0 Å². The summed E-state index contributed by atoms with van der Waals surface area (Å²) in [6, 6.07) is 13.2. The van der Waals surface area contributed by atoms with Crippen LogP contribution in [0.15, 0.2) is 48.5 Å². The van der Waals surface area contributed by atoms with Crippen molar-refractivity contribution in [2.45, 2.75) is 25.4 Å². The molecule has 1 aliphatic carbocycles. The highest BCUT2D eigenvalue weighted by atomic mass is 19.1. The summed E-state index contributed by atoms with van der Waals surface area (Å²) in [5.74, 6) is -0.0299. The van der Waals surface area contributed by atoms with Crippen LogP contribution in [0.5, 0.6) is 5.75 Å². The average molecular weight is 327 g/mol. The molecule has 3 rings (SSSR count). The fourth-order valence-electron chi connectivity index (χ4n) is 2.53. The second kappa shape index (κ2) is 7.25. The zero-order valence-electron chi connectivity index (χ0n) is 13.2. The molecular formula is C19H18FNO3. The molecule has 124 valence electrons. The Morgan fingerprint density at radius 2 is 1.88 bits per heavy atom. The van der Waals surface area contributed by atoms with Gasteiger partial charge in [-0.15, -0.1) is 0 Å². The topological polar surface area (TPSA) is 46.6 Å². The lowest BCUT2D eigenvalue weighted by atomic mass is 10.2. The lowest BCUT2D eigenvalue weighted by molar-refractivity contribution is -0.134. The molecule has 0 bridgehead atoms. The van der Waals surface area contributed by atoms with Gasteiger partial charge < -0.3 is 9.64 Å². The highest BCUT2D eigenvalue weighted by Gasteiger charge is 2.32. The van der Waals surface area contributed by atoms with E-state index in [4.69, 9.17) is 4.74 Å². The molecule has 0 atom stereocenters. The van der Waals surface area contributed by atoms with Crippen LogP contribution in [0, 0.1) is 5.82 Å². The maximum atomic E-state index is 13.0. The van der Waals surface area contributed by atoms with Crippen LogP contribution in [0.4, 0.5) is 4.39 Å². The smallest absolute Gasteiger partial charge is 0.261 e. The lowest BCUT2D eigenvalue weighted by Gasteiger charge is -2.23. The number of ether oxygens (including phenoxy) is 1. The molecule has 4 nitrogen and oxygen atoms in total. The maximum Gasteiger partial charge on any atom is 0.261 e. The summed E-state index contributed by atoms with van der Waals surface area (Å²) in [6.07, 6.45) is 2.65. The van der Waals surface area contributed by atoms with Gasteiger partial charge in [0.1, 0.15) is 11.6 Å². The third kappa shape index (κ3) is 3.98. The Bertz CT molecular complexity index is 726. The number of nitrogens with zero attached hydrogens (tertiary/aromatic N) is 1. The van der Waals surface area contributed by atoms with Gasteiger partial charge in [-0.25, -0.2) is 4.39 Å². The summed E-state index contributed by atoms with van der Waals surface area (Å²) < 4.78 is 18.5. The summed E-state index contributed by atoms with van der Waals surface area (Å²) in [5, 5.41) is 0. The molecule has 24 heavy (non-hydrogen) atoms. The molecule has 0 aliphatic heterocycles. The van der Waals surface area contributed by atoms with Crippen LogP contribution in [-0.4, -0.2) is 29.7 Å². The average Bonchev–Trinajstić information content (AvgIpc) is 3.44. The number of hydrogen-bond acceptors (Lipinski definition) is 3. The first kappa shape index (κ1) is 16.2. The minimum Gasteiger partial charge on any atom is -0.483 e. The van der Waals surface area contributed by atoms with E-state index in [1.165, 1.54) is 12.1 Å². The first-order valence-electron chi connectivity index (χ1n) is 7.88. The Morgan fingerprint density at radius 3 is 2.54 bits per heavy atom. The van der Waals surface area contributed by atoms with Gasteiger partial charge in [0.15, 0.2) is 12.9 Å². The number of amides is 1. The molecule has 0 aromatic heterocycles. The van der Waals surface area contributed by atoms with Crippen LogP contribution in [0.3, 0.4) is 0 Å². The molecule has 1 saturated carbocycles. The van der Waals surface area contributed by atoms with Crippen molar-refractivity contribution in [3.05, 3.63) is 65.5 Å². The van der Waals surface area contributed by atoms with Crippen molar-refractivity contribution in [3.8, 4) is 5.75 Å². The minimum atomic E-state index is -0.295. The zero-order valence-corrected chi connectivity index (χ0v) is 13.2. The van der Waals surface area contributed by atoms with Gasteiger partial charge in [0.05, 0.1) is 5.56 Å². The number of para-hydroxylation sites is 1. The maximum absolute atomic E-state index is 13.0. The summed E-state index contributed by atoms with van der Waals surface area (Å²) >= 11 is 0. The molecule has 0 saturated heterocycles. The predicted molar refractivity (Wildman–Crippen MR) is 87.3 cm³/mol. The Morgan fingerprint density at radius 1 is 1.17 bits per heavy atom. The van der Waals surface area contributed by atoms with Gasteiger partial charge in [-0.1, -0.05) is 24.3 Å². The van der Waals surface area contributed by atoms with Gasteiger partial charge in [0.25, 0.3) is 5.91 Å². The molecule has 5 heteroatoms. The van der Waals surface area contributed by atoms with Crippen LogP contribution in [0.1, 0.15) is 28.8 Å². The fourth-order valence-corrected chi connectivity index (χ4v) is 2.53. The Hall–Kier alpha value is -2.69. The van der Waals surface area contributed by atoms with Crippen LogP contribution in [0.2, 0.25) is 0 Å². The first-order chi connectivity index (χ1) is 11.7. The molecule has 0 unspecified atom stereocenters. The number of rotatable bonds is 7. The summed E-state index contributed by atoms with van der Waals surface area (Å²) in [7, 11) is 0. The van der Waals surface area contributed by atoms with Crippen LogP contribution < -0.4 is 4.74 Å². The number of carbonyl (C=O) groups is 2. The van der Waals surface area contributed by atoms with E-state index in [1.807, 2.05) is 0 Å². The van der Waals surface area contributed by atoms with E-state index in [2.05, 4.69) is 0 Å². The van der Waals surface area contributed by atoms with E-state index in [-0.39, 0.29) is 24.4 Å². The van der Waals surface area contributed by atoms with Crippen molar-refractivity contribution in [1.82, 2.24) is 4.90 Å². The number of aldehydes is 1. The number of benzene rings is 2. The molecule has 2 aromatic rings. The largest absolute Gasteiger partial charge is 0.483 e. The molecule has 0 spiro atoms. The second-order valence-electron chi connectivity index (χ2n) is 5.82. The van der Waals surface area contributed by atoms with Crippen molar-refractivity contribution in [2.75, 3.05) is 6.61 Å². The number of hydrogen-bond donors (Lipinski definition) is 0. The minimum absolute atomic E-state index is 0.122. The highest BCUT2D eigenvalue weighted by molar-refractivity contribution is 5.81. The van der Waals surface area contributed by atoms with Gasteiger partial charge >= 0.3 is 0 Å². The molecule has 1 aliphatic rings. The van der Waals surface area contributed by atoms with Crippen LogP contribution in [-0.2, 0) is 11.3 Å². The van der Waals surface area contributed by atoms with Crippen molar-refractivity contribution in [2.24, 2.45) is 0 Å². The van der Waals surface area contributed by atoms with E-state index < -0.39 is 0 Å². The van der Waals surface area contributed by atoms with Crippen molar-refractivity contribution < 1.29 is 18.7 Å². The summed E-state index contributed by atoms with van der Waals surface area (Å²) in [5.41, 5.74) is 1.30. The normalized spacial score (nSPS) is 13.4. The molecule has 0 radical (unpaired) electrons. The zero-order chi connectivity index (χ0) is 16.9. The van der Waals surface area contributed by atoms with Gasteiger partial charge in [-0.3, -0.25) is 9.59 Å². The Balaban J connectivity index is 1.64. The van der Waals surface area contributed by atoms with Gasteiger partial charge in [0.2, 0.25) is 0 Å². The second-order valence-corrected chi connectivity index (χ2v) is 5.82. The number of halogens is 1. The lowest BCUT2D eigenvalue weighted by Crippen LogP contribution is -2.36. The third-order valence-corrected chi connectivity index (χ3v) is 3.97. The summed E-state index contributed by atoms with van der Waals surface area (Å²) in [6.45, 7) is 0.311. The third-order valence-electron chi connectivity index (χ3n) is 3.97. The van der Waals surface area contributed by atoms with Gasteiger partial charge in [0, 0.05) is 12.6 Å².